The van der Waals surface area contributed by atoms with Crippen LogP contribution in [0.5, 0.6) is 5.75 Å². The largest absolute Gasteiger partial charge is 0.497 e. The first kappa shape index (κ1) is 20.7. The quantitative estimate of drug-likeness (QED) is 0.467. The molecule has 0 spiro atoms. The number of methoxy groups -OCH3 is 1. The van der Waals surface area contributed by atoms with E-state index < -0.39 is 0 Å². The molecule has 1 unspecified atom stereocenters. The highest BCUT2D eigenvalue weighted by atomic mass is 16.5. The van der Waals surface area contributed by atoms with Gasteiger partial charge in [0.15, 0.2) is 0 Å². The van der Waals surface area contributed by atoms with E-state index in [4.69, 9.17) is 9.72 Å². The minimum atomic E-state index is 0.258. The van der Waals surface area contributed by atoms with Crippen LogP contribution >= 0.6 is 0 Å². The molecule has 0 saturated carbocycles. The molecule has 1 aliphatic heterocycles. The van der Waals surface area contributed by atoms with E-state index in [0.717, 1.165) is 61.1 Å². The lowest BCUT2D eigenvalue weighted by Gasteiger charge is -2.38. The maximum Gasteiger partial charge on any atom is 0.137 e. The number of imidazole rings is 1. The van der Waals surface area contributed by atoms with Gasteiger partial charge in [0.25, 0.3) is 0 Å². The topological polar surface area (TPSA) is 50.8 Å². The van der Waals surface area contributed by atoms with Gasteiger partial charge in [0.05, 0.1) is 30.7 Å². The van der Waals surface area contributed by atoms with Gasteiger partial charge in [0, 0.05) is 50.7 Å². The van der Waals surface area contributed by atoms with Gasteiger partial charge in [-0.3, -0.25) is 18.9 Å². The third-order valence-corrected chi connectivity index (χ3v) is 6.39. The number of piperazine rings is 1. The number of hydrogen-bond donors (Lipinski definition) is 0. The van der Waals surface area contributed by atoms with Gasteiger partial charge < -0.3 is 4.74 Å². The van der Waals surface area contributed by atoms with E-state index in [1.165, 1.54) is 5.56 Å². The Morgan fingerprint density at radius 1 is 1.06 bits per heavy atom. The fourth-order valence-corrected chi connectivity index (χ4v) is 4.50. The molecule has 32 heavy (non-hydrogen) atoms. The number of fused-ring (bicyclic) bond motifs is 1. The number of pyridine rings is 1. The van der Waals surface area contributed by atoms with Gasteiger partial charge in [-0.2, -0.15) is 5.10 Å². The van der Waals surface area contributed by atoms with Crippen LogP contribution in [0.4, 0.5) is 0 Å². The van der Waals surface area contributed by atoms with Crippen molar-refractivity contribution in [2.45, 2.75) is 26.1 Å². The molecule has 7 nitrogen and oxygen atoms in total. The molecule has 3 aromatic heterocycles. The summed E-state index contributed by atoms with van der Waals surface area (Å²) in [6.45, 7) is 6.97. The maximum atomic E-state index is 5.31. The summed E-state index contributed by atoms with van der Waals surface area (Å²) in [6.07, 6.45) is 6.34. The summed E-state index contributed by atoms with van der Waals surface area (Å²) >= 11 is 0. The molecule has 5 rings (SSSR count). The molecule has 0 radical (unpaired) electrons. The van der Waals surface area contributed by atoms with Gasteiger partial charge in [-0.25, -0.2) is 4.98 Å². The van der Waals surface area contributed by atoms with Crippen LogP contribution in [0.1, 0.15) is 24.2 Å². The minimum Gasteiger partial charge on any atom is -0.497 e. The van der Waals surface area contributed by atoms with Gasteiger partial charge in [0.1, 0.15) is 11.4 Å². The molecule has 7 heteroatoms. The summed E-state index contributed by atoms with van der Waals surface area (Å²) in [5.74, 6) is 0.862. The van der Waals surface area contributed by atoms with Crippen LogP contribution in [-0.4, -0.2) is 62.8 Å². The van der Waals surface area contributed by atoms with Crippen molar-refractivity contribution in [1.82, 2.24) is 29.0 Å². The molecule has 1 fully saturated rings. The van der Waals surface area contributed by atoms with Crippen molar-refractivity contribution in [2.24, 2.45) is 0 Å². The molecule has 1 aliphatic rings. The molecule has 166 valence electrons. The van der Waals surface area contributed by atoms with Crippen LogP contribution < -0.4 is 4.74 Å². The van der Waals surface area contributed by atoms with Gasteiger partial charge in [-0.05, 0) is 55.9 Å². The Balaban J connectivity index is 1.41. The second-order valence-corrected chi connectivity index (χ2v) is 8.47. The highest BCUT2D eigenvalue weighted by molar-refractivity contribution is 5.64. The third kappa shape index (κ3) is 4.01. The van der Waals surface area contributed by atoms with Gasteiger partial charge in [-0.1, -0.05) is 6.07 Å². The normalized spacial score (nSPS) is 17.8. The standard InChI is InChI=1S/C25H30N6O/c1-4-30-16-19(14-26-30)15-29-13-12-28(2)24(18-29)22-17-31-23(6-5-7-25(31)27-22)20-8-10-21(32-3)11-9-20/h5-11,14,16-17,24H,4,12-13,15,18H2,1-3H3. The Morgan fingerprint density at radius 2 is 1.91 bits per heavy atom. The first-order chi connectivity index (χ1) is 15.6. The summed E-state index contributed by atoms with van der Waals surface area (Å²) in [7, 11) is 3.89. The lowest BCUT2D eigenvalue weighted by atomic mass is 10.1. The molecule has 1 aromatic carbocycles. The summed E-state index contributed by atoms with van der Waals surface area (Å²) in [5.41, 5.74) is 5.63. The molecule has 0 bridgehead atoms. The van der Waals surface area contributed by atoms with Crippen LogP contribution in [0.15, 0.2) is 61.1 Å². The highest BCUT2D eigenvalue weighted by Gasteiger charge is 2.28. The van der Waals surface area contributed by atoms with Gasteiger partial charge in [-0.15, -0.1) is 0 Å². The lowest BCUT2D eigenvalue weighted by molar-refractivity contribution is 0.0885. The number of rotatable bonds is 6. The molecule has 4 heterocycles. The Kier molecular flexibility index (Phi) is 5.68. The second kappa shape index (κ2) is 8.76. The first-order valence-electron chi connectivity index (χ1n) is 11.2. The van der Waals surface area contributed by atoms with E-state index in [2.05, 4.69) is 76.0 Å². The van der Waals surface area contributed by atoms with E-state index >= 15 is 0 Å². The molecule has 0 aliphatic carbocycles. The number of hydrogen-bond acceptors (Lipinski definition) is 5. The van der Waals surface area contributed by atoms with Gasteiger partial charge >= 0.3 is 0 Å². The Hall–Kier alpha value is -3.16. The van der Waals surface area contributed by atoms with E-state index in [9.17, 15) is 0 Å². The fraction of sp³-hybridized carbons (Fsp3) is 0.360. The van der Waals surface area contributed by atoms with Crippen molar-refractivity contribution >= 4 is 5.65 Å². The zero-order valence-corrected chi connectivity index (χ0v) is 19.0. The number of benzene rings is 1. The van der Waals surface area contributed by atoms with Crippen molar-refractivity contribution in [3.8, 4) is 17.0 Å². The van der Waals surface area contributed by atoms with Gasteiger partial charge in [0.2, 0.25) is 0 Å². The Morgan fingerprint density at radius 3 is 2.66 bits per heavy atom. The molecule has 0 amide bonds. The first-order valence-corrected chi connectivity index (χ1v) is 11.2. The van der Waals surface area contributed by atoms with E-state index in [1.807, 2.05) is 23.0 Å². The van der Waals surface area contributed by atoms with Crippen molar-refractivity contribution in [3.63, 3.8) is 0 Å². The molecule has 0 N–H and O–H groups in total. The summed E-state index contributed by atoms with van der Waals surface area (Å²) in [6, 6.07) is 14.7. The summed E-state index contributed by atoms with van der Waals surface area (Å²) < 4.78 is 9.51. The molecular formula is C25H30N6O. The van der Waals surface area contributed by atoms with Crippen molar-refractivity contribution in [2.75, 3.05) is 33.8 Å². The van der Waals surface area contributed by atoms with Crippen molar-refractivity contribution in [1.29, 1.82) is 0 Å². The second-order valence-electron chi connectivity index (χ2n) is 8.47. The minimum absolute atomic E-state index is 0.258. The van der Waals surface area contributed by atoms with Crippen LogP contribution in [0.25, 0.3) is 16.9 Å². The molecule has 4 aromatic rings. The zero-order chi connectivity index (χ0) is 22.1. The van der Waals surface area contributed by atoms with E-state index in [-0.39, 0.29) is 6.04 Å². The lowest BCUT2D eigenvalue weighted by Crippen LogP contribution is -2.46. The van der Waals surface area contributed by atoms with Crippen molar-refractivity contribution < 1.29 is 4.74 Å². The number of aromatic nitrogens is 4. The fourth-order valence-electron chi connectivity index (χ4n) is 4.50. The predicted molar refractivity (Wildman–Crippen MR) is 126 cm³/mol. The molecule has 1 saturated heterocycles. The molecule has 1 atom stereocenters. The Bertz CT molecular complexity index is 1190. The predicted octanol–water partition coefficient (Wildman–Crippen LogP) is 3.72. The average molecular weight is 431 g/mol. The number of aryl methyl sites for hydroxylation is 1. The van der Waals surface area contributed by atoms with Crippen LogP contribution in [-0.2, 0) is 13.1 Å². The highest BCUT2D eigenvalue weighted by Crippen LogP contribution is 2.28. The maximum absolute atomic E-state index is 5.31. The van der Waals surface area contributed by atoms with Crippen LogP contribution in [0.3, 0.4) is 0 Å². The average Bonchev–Trinajstić information content (AvgIpc) is 3.47. The zero-order valence-electron chi connectivity index (χ0n) is 19.0. The third-order valence-electron chi connectivity index (χ3n) is 6.39. The number of likely N-dealkylation sites (N-methyl/N-ethyl adjacent to an activating group) is 1. The van der Waals surface area contributed by atoms with E-state index in [0.29, 0.717) is 0 Å². The van der Waals surface area contributed by atoms with E-state index in [1.54, 1.807) is 7.11 Å². The van der Waals surface area contributed by atoms with Crippen molar-refractivity contribution in [3.05, 3.63) is 72.3 Å². The van der Waals surface area contributed by atoms with Crippen LogP contribution in [0, 0.1) is 0 Å². The summed E-state index contributed by atoms with van der Waals surface area (Å²) in [4.78, 5) is 9.95. The SMILES string of the molecule is CCn1cc(CN2CCN(C)C(c3cn4c(-c5ccc(OC)cc5)cccc4n3)C2)cn1. The Labute approximate surface area is 188 Å². The number of nitrogens with zero attached hydrogens (tertiary/aromatic N) is 6. The monoisotopic (exact) mass is 430 g/mol. The smallest absolute Gasteiger partial charge is 0.137 e. The summed E-state index contributed by atoms with van der Waals surface area (Å²) in [5, 5.41) is 4.43. The molecular weight excluding hydrogens is 400 g/mol. The van der Waals surface area contributed by atoms with Crippen LogP contribution in [0.2, 0.25) is 0 Å². The number of ether oxygens (including phenoxy) is 1.